The van der Waals surface area contributed by atoms with Crippen LogP contribution in [0, 0.1) is 15.9 Å². The number of benzene rings is 1. The first-order chi connectivity index (χ1) is 9.52. The van der Waals surface area contributed by atoms with E-state index in [2.05, 4.69) is 4.98 Å². The highest BCUT2D eigenvalue weighted by Gasteiger charge is 2.17. The third-order valence-corrected chi connectivity index (χ3v) is 3.00. The molecule has 20 heavy (non-hydrogen) atoms. The summed E-state index contributed by atoms with van der Waals surface area (Å²) in [6.45, 7) is 1.95. The molecule has 7 heteroatoms. The quantitative estimate of drug-likeness (QED) is 0.623. The van der Waals surface area contributed by atoms with Crippen LogP contribution in [0.15, 0.2) is 24.4 Å². The molecule has 0 unspecified atom stereocenters. The molecule has 0 aliphatic heterocycles. The van der Waals surface area contributed by atoms with E-state index in [4.69, 9.17) is 4.74 Å². The van der Waals surface area contributed by atoms with Crippen LogP contribution in [0.4, 0.5) is 10.3 Å². The lowest BCUT2D eigenvalue weighted by Crippen LogP contribution is -2.05. The summed E-state index contributed by atoms with van der Waals surface area (Å²) in [4.78, 5) is 13.7. The monoisotopic (exact) mass is 279 g/mol. The summed E-state index contributed by atoms with van der Waals surface area (Å²) < 4.78 is 20.4. The zero-order chi connectivity index (χ0) is 14.7. The fourth-order valence-electron chi connectivity index (χ4n) is 1.77. The number of rotatable bonds is 5. The minimum atomic E-state index is -0.583. The average Bonchev–Trinajstić information content (AvgIpc) is 2.78. The van der Waals surface area contributed by atoms with Gasteiger partial charge in [0.25, 0.3) is 0 Å². The summed E-state index contributed by atoms with van der Waals surface area (Å²) in [5, 5.41) is 10.7. The van der Waals surface area contributed by atoms with Crippen LogP contribution >= 0.6 is 0 Å². The molecule has 6 nitrogen and oxygen atoms in total. The predicted molar refractivity (Wildman–Crippen MR) is 70.0 cm³/mol. The van der Waals surface area contributed by atoms with Gasteiger partial charge in [0.2, 0.25) is 0 Å². The van der Waals surface area contributed by atoms with Crippen LogP contribution in [0.2, 0.25) is 0 Å². The topological polar surface area (TPSA) is 70.2 Å². The molecule has 0 saturated heterocycles. The largest absolute Gasteiger partial charge is 0.483 e. The predicted octanol–water partition coefficient (Wildman–Crippen LogP) is 2.61. The van der Waals surface area contributed by atoms with Gasteiger partial charge in [-0.15, -0.1) is 0 Å². The molecule has 1 aromatic heterocycles. The SMILES string of the molecule is CCc1ccc(OCc2cnc([N+](=O)[O-])n2C)c(F)c1. The summed E-state index contributed by atoms with van der Waals surface area (Å²) in [5.41, 5.74) is 1.38. The maximum atomic E-state index is 13.7. The van der Waals surface area contributed by atoms with Crippen molar-refractivity contribution in [2.75, 3.05) is 0 Å². The Hall–Kier alpha value is -2.44. The Morgan fingerprint density at radius 3 is 2.80 bits per heavy atom. The van der Waals surface area contributed by atoms with Crippen LogP contribution in [0.3, 0.4) is 0 Å². The molecule has 0 N–H and O–H groups in total. The zero-order valence-corrected chi connectivity index (χ0v) is 11.2. The fraction of sp³-hybridized carbons (Fsp3) is 0.308. The first-order valence-corrected chi connectivity index (χ1v) is 6.09. The zero-order valence-electron chi connectivity index (χ0n) is 11.2. The summed E-state index contributed by atoms with van der Waals surface area (Å²) in [5.74, 6) is -0.600. The number of imidazole rings is 1. The molecule has 106 valence electrons. The Bertz CT molecular complexity index is 640. The number of hydrogen-bond acceptors (Lipinski definition) is 4. The van der Waals surface area contributed by atoms with Gasteiger partial charge < -0.3 is 14.9 Å². The van der Waals surface area contributed by atoms with Crippen molar-refractivity contribution in [2.24, 2.45) is 7.05 Å². The molecule has 0 aliphatic rings. The molecule has 1 aromatic carbocycles. The molecular weight excluding hydrogens is 265 g/mol. The lowest BCUT2D eigenvalue weighted by atomic mass is 10.1. The highest BCUT2D eigenvalue weighted by Crippen LogP contribution is 2.20. The summed E-state index contributed by atoms with van der Waals surface area (Å²) in [6, 6.07) is 4.75. The molecule has 0 fully saturated rings. The van der Waals surface area contributed by atoms with E-state index in [1.165, 1.54) is 23.9 Å². The molecule has 0 atom stereocenters. The van der Waals surface area contributed by atoms with Crippen molar-refractivity contribution in [3.63, 3.8) is 0 Å². The van der Waals surface area contributed by atoms with Crippen LogP contribution in [-0.2, 0) is 20.1 Å². The van der Waals surface area contributed by atoms with Gasteiger partial charge in [-0.25, -0.2) is 8.96 Å². The molecular formula is C13H14FN3O3. The second-order valence-corrected chi connectivity index (χ2v) is 4.27. The van der Waals surface area contributed by atoms with Crippen LogP contribution < -0.4 is 4.74 Å². The molecule has 0 radical (unpaired) electrons. The smallest absolute Gasteiger partial charge is 0.434 e. The molecule has 0 saturated carbocycles. The van der Waals surface area contributed by atoms with E-state index >= 15 is 0 Å². The molecule has 0 aliphatic carbocycles. The van der Waals surface area contributed by atoms with Gasteiger partial charge in [0.05, 0.1) is 7.05 Å². The van der Waals surface area contributed by atoms with Crippen molar-refractivity contribution in [2.45, 2.75) is 20.0 Å². The summed E-state index contributed by atoms with van der Waals surface area (Å²) in [7, 11) is 1.51. The van der Waals surface area contributed by atoms with E-state index in [0.717, 1.165) is 12.0 Å². The first-order valence-electron chi connectivity index (χ1n) is 6.09. The molecule has 1 heterocycles. The van der Waals surface area contributed by atoms with Gasteiger partial charge in [-0.2, -0.15) is 0 Å². The van der Waals surface area contributed by atoms with Gasteiger partial charge in [0.15, 0.2) is 17.3 Å². The normalized spacial score (nSPS) is 10.6. The number of aromatic nitrogens is 2. The van der Waals surface area contributed by atoms with E-state index in [1.54, 1.807) is 12.1 Å². The number of aryl methyl sites for hydroxylation is 1. The van der Waals surface area contributed by atoms with Crippen molar-refractivity contribution >= 4 is 5.95 Å². The number of halogens is 1. The molecule has 0 bridgehead atoms. The van der Waals surface area contributed by atoms with Gasteiger partial charge in [-0.05, 0) is 29.0 Å². The highest BCUT2D eigenvalue weighted by molar-refractivity contribution is 5.29. The van der Waals surface area contributed by atoms with Gasteiger partial charge in [-0.1, -0.05) is 18.0 Å². The Kier molecular flexibility index (Phi) is 3.97. The number of nitrogens with zero attached hydrogens (tertiary/aromatic N) is 3. The molecule has 0 spiro atoms. The highest BCUT2D eigenvalue weighted by atomic mass is 19.1. The third-order valence-electron chi connectivity index (χ3n) is 3.00. The van der Waals surface area contributed by atoms with E-state index in [0.29, 0.717) is 5.69 Å². The standard InChI is InChI=1S/C13H14FN3O3/c1-3-9-4-5-12(11(14)6-9)20-8-10-7-15-13(16(10)2)17(18)19/h4-7H,3,8H2,1-2H3. The Labute approximate surface area is 115 Å². The van der Waals surface area contributed by atoms with Gasteiger partial charge in [0.1, 0.15) is 12.8 Å². The van der Waals surface area contributed by atoms with Crippen molar-refractivity contribution in [3.8, 4) is 5.75 Å². The summed E-state index contributed by atoms with van der Waals surface area (Å²) >= 11 is 0. The first kappa shape index (κ1) is 14.0. The lowest BCUT2D eigenvalue weighted by Gasteiger charge is -2.07. The van der Waals surface area contributed by atoms with Crippen LogP contribution in [0.5, 0.6) is 5.75 Å². The van der Waals surface area contributed by atoms with E-state index in [-0.39, 0.29) is 18.3 Å². The van der Waals surface area contributed by atoms with E-state index < -0.39 is 10.7 Å². The van der Waals surface area contributed by atoms with Crippen LogP contribution in [-0.4, -0.2) is 14.5 Å². The van der Waals surface area contributed by atoms with Crippen molar-refractivity contribution in [1.29, 1.82) is 0 Å². The molecule has 2 rings (SSSR count). The maximum Gasteiger partial charge on any atom is 0.434 e. The minimum Gasteiger partial charge on any atom is -0.483 e. The van der Waals surface area contributed by atoms with E-state index in [9.17, 15) is 14.5 Å². The van der Waals surface area contributed by atoms with Crippen molar-refractivity contribution in [3.05, 3.63) is 51.6 Å². The maximum absolute atomic E-state index is 13.7. The average molecular weight is 279 g/mol. The molecule has 0 amide bonds. The van der Waals surface area contributed by atoms with Gasteiger partial charge >= 0.3 is 5.95 Å². The van der Waals surface area contributed by atoms with E-state index in [1.807, 2.05) is 6.92 Å². The minimum absolute atomic E-state index is 0.0136. The second kappa shape index (κ2) is 5.68. The molecule has 2 aromatic rings. The Morgan fingerprint density at radius 1 is 1.50 bits per heavy atom. The number of nitro groups is 1. The Morgan fingerprint density at radius 2 is 2.25 bits per heavy atom. The van der Waals surface area contributed by atoms with Crippen LogP contribution in [0.25, 0.3) is 0 Å². The van der Waals surface area contributed by atoms with Crippen LogP contribution in [0.1, 0.15) is 18.2 Å². The number of ether oxygens (including phenoxy) is 1. The van der Waals surface area contributed by atoms with Crippen molar-refractivity contribution < 1.29 is 14.1 Å². The van der Waals surface area contributed by atoms with Crippen molar-refractivity contribution in [1.82, 2.24) is 9.55 Å². The number of hydrogen-bond donors (Lipinski definition) is 0. The third kappa shape index (κ3) is 2.76. The second-order valence-electron chi connectivity index (χ2n) is 4.27. The van der Waals surface area contributed by atoms with Gasteiger partial charge in [0, 0.05) is 0 Å². The Balaban J connectivity index is 2.11. The lowest BCUT2D eigenvalue weighted by molar-refractivity contribution is -0.396. The summed E-state index contributed by atoms with van der Waals surface area (Å²) in [6.07, 6.45) is 2.08. The van der Waals surface area contributed by atoms with Gasteiger partial charge in [-0.3, -0.25) is 0 Å². The fourth-order valence-corrected chi connectivity index (χ4v) is 1.77.